The number of ether oxygens (including phenoxy) is 1. The molecule has 0 radical (unpaired) electrons. The van der Waals surface area contributed by atoms with Crippen LogP contribution in [0.25, 0.3) is 0 Å². The van der Waals surface area contributed by atoms with Crippen LogP contribution in [-0.4, -0.2) is 43.5 Å². The smallest absolute Gasteiger partial charge is 0.322 e. The Morgan fingerprint density at radius 2 is 2.14 bits per heavy atom. The van der Waals surface area contributed by atoms with E-state index in [1.54, 1.807) is 6.07 Å². The lowest BCUT2D eigenvalue weighted by molar-refractivity contribution is -0.140. The van der Waals surface area contributed by atoms with Gasteiger partial charge in [0.2, 0.25) is 10.0 Å². The maximum Gasteiger partial charge on any atom is 0.322 e. The molecule has 1 aromatic rings. The van der Waals surface area contributed by atoms with E-state index in [9.17, 15) is 18.3 Å². The molecule has 1 aliphatic heterocycles. The van der Waals surface area contributed by atoms with Crippen molar-refractivity contribution in [3.05, 3.63) is 22.2 Å². The summed E-state index contributed by atoms with van der Waals surface area (Å²) in [6.07, 6.45) is 0.857. The molecular weight excluding hydrogens is 362 g/mol. The van der Waals surface area contributed by atoms with Crippen LogP contribution in [0.4, 0.5) is 0 Å². The van der Waals surface area contributed by atoms with Gasteiger partial charge in [-0.2, -0.15) is 4.31 Å². The Kier molecular flexibility index (Phi) is 4.60. The van der Waals surface area contributed by atoms with Gasteiger partial charge in [0.05, 0.1) is 7.11 Å². The van der Waals surface area contributed by atoms with E-state index in [4.69, 9.17) is 4.74 Å². The van der Waals surface area contributed by atoms with Gasteiger partial charge in [-0.3, -0.25) is 4.79 Å². The van der Waals surface area contributed by atoms with Crippen LogP contribution in [0.5, 0.6) is 5.75 Å². The fourth-order valence-electron chi connectivity index (χ4n) is 2.40. The molecule has 1 saturated heterocycles. The zero-order valence-corrected chi connectivity index (χ0v) is 14.1. The number of carbonyl (C=O) groups is 1. The molecular formula is C13H16BrNO5S. The van der Waals surface area contributed by atoms with Gasteiger partial charge in [-0.25, -0.2) is 8.42 Å². The van der Waals surface area contributed by atoms with E-state index in [1.807, 2.05) is 6.92 Å². The predicted molar refractivity (Wildman–Crippen MR) is 80.0 cm³/mol. The number of hydrogen-bond acceptors (Lipinski definition) is 4. The maximum atomic E-state index is 12.8. The third-order valence-corrected chi connectivity index (χ3v) is 6.30. The Hall–Kier alpha value is -1.12. The Bertz CT molecular complexity index is 673. The van der Waals surface area contributed by atoms with E-state index < -0.39 is 22.0 Å². The zero-order chi connectivity index (χ0) is 15.8. The van der Waals surface area contributed by atoms with E-state index in [2.05, 4.69) is 15.9 Å². The SMILES string of the molecule is COc1cc(C)c(Br)cc1S(=O)(=O)N1CCC[C@H]1C(=O)O. The molecule has 0 aromatic heterocycles. The van der Waals surface area contributed by atoms with Gasteiger partial charge < -0.3 is 9.84 Å². The van der Waals surface area contributed by atoms with E-state index >= 15 is 0 Å². The number of sulfonamides is 1. The number of aryl methyl sites for hydroxylation is 1. The summed E-state index contributed by atoms with van der Waals surface area (Å²) < 4.78 is 32.3. The van der Waals surface area contributed by atoms with Crippen molar-refractivity contribution in [1.82, 2.24) is 4.31 Å². The topological polar surface area (TPSA) is 83.9 Å². The first-order valence-corrected chi connectivity index (χ1v) is 8.61. The monoisotopic (exact) mass is 377 g/mol. The van der Waals surface area contributed by atoms with Crippen molar-refractivity contribution < 1.29 is 23.1 Å². The first-order chi connectivity index (χ1) is 9.78. The minimum absolute atomic E-state index is 0.0179. The number of rotatable bonds is 4. The lowest BCUT2D eigenvalue weighted by Crippen LogP contribution is -2.40. The minimum Gasteiger partial charge on any atom is -0.495 e. The zero-order valence-electron chi connectivity index (χ0n) is 11.7. The molecule has 1 aromatic carbocycles. The quantitative estimate of drug-likeness (QED) is 0.867. The minimum atomic E-state index is -3.92. The number of methoxy groups -OCH3 is 1. The largest absolute Gasteiger partial charge is 0.495 e. The van der Waals surface area contributed by atoms with Crippen molar-refractivity contribution in [3.63, 3.8) is 0 Å². The Morgan fingerprint density at radius 3 is 2.71 bits per heavy atom. The second-order valence-electron chi connectivity index (χ2n) is 4.86. The molecule has 0 aliphatic carbocycles. The predicted octanol–water partition coefficient (Wildman–Crippen LogP) is 2.00. The first-order valence-electron chi connectivity index (χ1n) is 6.38. The lowest BCUT2D eigenvalue weighted by atomic mass is 10.2. The van der Waals surface area contributed by atoms with Crippen LogP contribution in [-0.2, 0) is 14.8 Å². The van der Waals surface area contributed by atoms with Crippen LogP contribution in [0, 0.1) is 6.92 Å². The third-order valence-electron chi connectivity index (χ3n) is 3.52. The standard InChI is InChI=1S/C13H16BrNO5S/c1-8-6-11(20-2)12(7-9(8)14)21(18,19)15-5-3-4-10(15)13(16)17/h6-7,10H,3-5H2,1-2H3,(H,16,17)/t10-/m0/s1. The second-order valence-corrected chi connectivity index (χ2v) is 7.58. The number of hydrogen-bond donors (Lipinski definition) is 1. The fraction of sp³-hybridized carbons (Fsp3) is 0.462. The molecule has 0 amide bonds. The van der Waals surface area contributed by atoms with Gasteiger partial charge >= 0.3 is 5.97 Å². The Balaban J connectivity index is 2.54. The average molecular weight is 378 g/mol. The summed E-state index contributed by atoms with van der Waals surface area (Å²) in [6.45, 7) is 2.02. The number of benzene rings is 1. The molecule has 0 unspecified atom stereocenters. The summed E-state index contributed by atoms with van der Waals surface area (Å²) in [5.41, 5.74) is 0.835. The van der Waals surface area contributed by atoms with E-state index in [0.717, 1.165) is 9.87 Å². The van der Waals surface area contributed by atoms with Gasteiger partial charge in [0.1, 0.15) is 16.7 Å². The Labute approximate surface area is 131 Å². The van der Waals surface area contributed by atoms with Crippen LogP contribution >= 0.6 is 15.9 Å². The number of aliphatic carboxylic acids is 1. The van der Waals surface area contributed by atoms with E-state index in [0.29, 0.717) is 17.3 Å². The summed E-state index contributed by atoms with van der Waals surface area (Å²) in [5.74, 6) is -0.909. The molecule has 1 N–H and O–H groups in total. The molecule has 1 aliphatic rings. The van der Waals surface area contributed by atoms with Crippen molar-refractivity contribution >= 4 is 31.9 Å². The molecule has 1 atom stereocenters. The lowest BCUT2D eigenvalue weighted by Gasteiger charge is -2.22. The summed E-state index contributed by atoms with van der Waals surface area (Å²) >= 11 is 3.30. The molecule has 21 heavy (non-hydrogen) atoms. The van der Waals surface area contributed by atoms with Crippen molar-refractivity contribution in [3.8, 4) is 5.75 Å². The van der Waals surface area contributed by atoms with Crippen LogP contribution in [0.2, 0.25) is 0 Å². The fourth-order valence-corrected chi connectivity index (χ4v) is 4.71. The highest BCUT2D eigenvalue weighted by molar-refractivity contribution is 9.10. The van der Waals surface area contributed by atoms with Crippen LogP contribution < -0.4 is 4.74 Å². The van der Waals surface area contributed by atoms with Crippen LogP contribution in [0.1, 0.15) is 18.4 Å². The van der Waals surface area contributed by atoms with Crippen molar-refractivity contribution in [1.29, 1.82) is 0 Å². The first kappa shape index (κ1) is 16.3. The van der Waals surface area contributed by atoms with Gasteiger partial charge in [0, 0.05) is 11.0 Å². The molecule has 0 bridgehead atoms. The maximum absolute atomic E-state index is 12.8. The summed E-state index contributed by atoms with van der Waals surface area (Å²) in [6, 6.07) is 2.06. The van der Waals surface area contributed by atoms with Crippen molar-refractivity contribution in [2.24, 2.45) is 0 Å². The van der Waals surface area contributed by atoms with Gasteiger partial charge in [-0.1, -0.05) is 15.9 Å². The van der Waals surface area contributed by atoms with Crippen LogP contribution in [0.3, 0.4) is 0 Å². The van der Waals surface area contributed by atoms with Gasteiger partial charge in [-0.15, -0.1) is 0 Å². The molecule has 8 heteroatoms. The van der Waals surface area contributed by atoms with Crippen LogP contribution in [0.15, 0.2) is 21.5 Å². The molecule has 1 heterocycles. The number of carboxylic acids is 1. The highest BCUT2D eigenvalue weighted by Gasteiger charge is 2.40. The van der Waals surface area contributed by atoms with Crippen molar-refractivity contribution in [2.75, 3.05) is 13.7 Å². The van der Waals surface area contributed by atoms with E-state index in [1.165, 1.54) is 13.2 Å². The summed E-state index contributed by atoms with van der Waals surface area (Å²) in [7, 11) is -2.53. The summed E-state index contributed by atoms with van der Waals surface area (Å²) in [4.78, 5) is 11.2. The second kappa shape index (κ2) is 5.94. The molecule has 1 fully saturated rings. The highest BCUT2D eigenvalue weighted by atomic mass is 79.9. The molecule has 0 spiro atoms. The number of carboxylic acid groups (broad SMARTS) is 1. The van der Waals surface area contributed by atoms with Gasteiger partial charge in [-0.05, 0) is 37.5 Å². The molecule has 2 rings (SSSR count). The Morgan fingerprint density at radius 1 is 1.48 bits per heavy atom. The van der Waals surface area contributed by atoms with Gasteiger partial charge in [0.15, 0.2) is 0 Å². The number of halogens is 1. The normalized spacial score (nSPS) is 19.7. The van der Waals surface area contributed by atoms with Crippen molar-refractivity contribution in [2.45, 2.75) is 30.7 Å². The highest BCUT2D eigenvalue weighted by Crippen LogP contribution is 2.35. The summed E-state index contributed by atoms with van der Waals surface area (Å²) in [5, 5.41) is 9.17. The van der Waals surface area contributed by atoms with Gasteiger partial charge in [0.25, 0.3) is 0 Å². The van der Waals surface area contributed by atoms with E-state index in [-0.39, 0.29) is 17.2 Å². The number of nitrogens with zero attached hydrogens (tertiary/aromatic N) is 1. The molecule has 6 nitrogen and oxygen atoms in total. The average Bonchev–Trinajstić information content (AvgIpc) is 2.91. The molecule has 0 saturated carbocycles. The molecule has 116 valence electrons. The third kappa shape index (κ3) is 2.93.